The van der Waals surface area contributed by atoms with Gasteiger partial charge in [0.1, 0.15) is 23.7 Å². The van der Waals surface area contributed by atoms with Crippen LogP contribution in [0.5, 0.6) is 5.75 Å². The lowest BCUT2D eigenvalue weighted by molar-refractivity contribution is 0.340. The Labute approximate surface area is 143 Å². The van der Waals surface area contributed by atoms with Crippen LogP contribution in [0.15, 0.2) is 54.9 Å². The van der Waals surface area contributed by atoms with Crippen LogP contribution in [0.25, 0.3) is 0 Å². The van der Waals surface area contributed by atoms with E-state index in [1.165, 1.54) is 12.4 Å². The van der Waals surface area contributed by atoms with Crippen molar-refractivity contribution in [3.05, 3.63) is 66.5 Å². The summed E-state index contributed by atoms with van der Waals surface area (Å²) in [6.45, 7) is 2.53. The molecule has 1 aromatic heterocycles. The zero-order valence-electron chi connectivity index (χ0n) is 13.5. The number of anilines is 4. The van der Waals surface area contributed by atoms with Crippen molar-refractivity contribution in [2.45, 2.75) is 6.92 Å². The van der Waals surface area contributed by atoms with Crippen LogP contribution in [0.2, 0.25) is 0 Å². The molecule has 0 aliphatic carbocycles. The number of nitrogens with zero attached hydrogens (tertiary/aromatic N) is 2. The fourth-order valence-corrected chi connectivity index (χ4v) is 2.16. The summed E-state index contributed by atoms with van der Waals surface area (Å²) in [6, 6.07) is 12.7. The first-order valence-corrected chi connectivity index (χ1v) is 7.68. The molecule has 0 fully saturated rings. The normalized spacial score (nSPS) is 10.4. The van der Waals surface area contributed by atoms with E-state index in [2.05, 4.69) is 20.6 Å². The second kappa shape index (κ2) is 7.57. The fourth-order valence-electron chi connectivity index (χ4n) is 2.16. The Balaban J connectivity index is 1.71. The number of ether oxygens (including phenoxy) is 1. The highest BCUT2D eigenvalue weighted by Gasteiger charge is 2.05. The van der Waals surface area contributed by atoms with Crippen molar-refractivity contribution < 1.29 is 13.5 Å². The van der Waals surface area contributed by atoms with Gasteiger partial charge in [-0.3, -0.25) is 0 Å². The Morgan fingerprint density at radius 1 is 0.840 bits per heavy atom. The number of nitrogens with one attached hydrogen (secondary N) is 2. The topological polar surface area (TPSA) is 59.1 Å². The predicted molar refractivity (Wildman–Crippen MR) is 92.6 cm³/mol. The third kappa shape index (κ3) is 4.41. The van der Waals surface area contributed by atoms with Crippen LogP contribution in [0, 0.1) is 11.6 Å². The van der Waals surface area contributed by atoms with Gasteiger partial charge >= 0.3 is 0 Å². The Kier molecular flexibility index (Phi) is 5.03. The molecule has 2 aromatic carbocycles. The average Bonchev–Trinajstić information content (AvgIpc) is 2.61. The number of benzene rings is 2. The van der Waals surface area contributed by atoms with E-state index in [1.54, 1.807) is 6.07 Å². The average molecular weight is 342 g/mol. The van der Waals surface area contributed by atoms with Crippen LogP contribution >= 0.6 is 0 Å². The minimum Gasteiger partial charge on any atom is -0.494 e. The minimum absolute atomic E-state index is 0.393. The molecule has 2 N–H and O–H groups in total. The molecule has 0 bridgehead atoms. The van der Waals surface area contributed by atoms with E-state index < -0.39 is 11.6 Å². The largest absolute Gasteiger partial charge is 0.494 e. The van der Waals surface area contributed by atoms with Crippen LogP contribution in [-0.4, -0.2) is 16.6 Å². The lowest BCUT2D eigenvalue weighted by Gasteiger charge is -2.09. The van der Waals surface area contributed by atoms with Gasteiger partial charge < -0.3 is 15.4 Å². The summed E-state index contributed by atoms with van der Waals surface area (Å²) in [4.78, 5) is 8.21. The Hall–Kier alpha value is -3.22. The molecule has 0 spiro atoms. The zero-order chi connectivity index (χ0) is 17.6. The first kappa shape index (κ1) is 16.6. The molecule has 7 heteroatoms. The third-order valence-electron chi connectivity index (χ3n) is 3.30. The quantitative estimate of drug-likeness (QED) is 0.683. The molecule has 0 aliphatic heterocycles. The maximum absolute atomic E-state index is 13.3. The van der Waals surface area contributed by atoms with Crippen LogP contribution in [0.3, 0.4) is 0 Å². The van der Waals surface area contributed by atoms with Crippen molar-refractivity contribution >= 4 is 23.0 Å². The van der Waals surface area contributed by atoms with Crippen molar-refractivity contribution in [2.75, 3.05) is 17.2 Å². The van der Waals surface area contributed by atoms with E-state index in [-0.39, 0.29) is 0 Å². The van der Waals surface area contributed by atoms with Crippen molar-refractivity contribution in [3.63, 3.8) is 0 Å². The fraction of sp³-hybridized carbons (Fsp3) is 0.111. The molecular weight excluding hydrogens is 326 g/mol. The van der Waals surface area contributed by atoms with Gasteiger partial charge in [-0.15, -0.1) is 0 Å². The van der Waals surface area contributed by atoms with Crippen LogP contribution < -0.4 is 15.4 Å². The smallest absolute Gasteiger partial charge is 0.160 e. The van der Waals surface area contributed by atoms with Gasteiger partial charge in [0, 0.05) is 23.5 Å². The monoisotopic (exact) mass is 342 g/mol. The molecule has 0 atom stereocenters. The first-order chi connectivity index (χ1) is 12.1. The zero-order valence-corrected chi connectivity index (χ0v) is 13.5. The molecule has 128 valence electrons. The second-order valence-electron chi connectivity index (χ2n) is 5.12. The number of aromatic nitrogens is 2. The molecule has 3 aromatic rings. The molecule has 1 heterocycles. The molecule has 3 rings (SSSR count). The van der Waals surface area contributed by atoms with E-state index in [4.69, 9.17) is 4.74 Å². The van der Waals surface area contributed by atoms with Crippen molar-refractivity contribution in [3.8, 4) is 5.75 Å². The van der Waals surface area contributed by atoms with Gasteiger partial charge in [-0.25, -0.2) is 18.7 Å². The standard InChI is InChI=1S/C18H16F2N4O/c1-2-25-14-6-3-12(4-7-14)23-17-10-18(22-11-21-17)24-13-5-8-15(19)16(20)9-13/h3-11H,2H2,1H3,(H2,21,22,23,24). The van der Waals surface area contributed by atoms with Gasteiger partial charge in [-0.2, -0.15) is 0 Å². The van der Waals surface area contributed by atoms with Crippen molar-refractivity contribution in [2.24, 2.45) is 0 Å². The van der Waals surface area contributed by atoms with Crippen molar-refractivity contribution in [1.29, 1.82) is 0 Å². The van der Waals surface area contributed by atoms with Crippen LogP contribution in [-0.2, 0) is 0 Å². The molecule has 0 unspecified atom stereocenters. The number of rotatable bonds is 6. The second-order valence-corrected chi connectivity index (χ2v) is 5.12. The molecule has 0 aliphatic rings. The minimum atomic E-state index is -0.924. The molecule has 5 nitrogen and oxygen atoms in total. The molecule has 0 saturated carbocycles. The van der Waals surface area contributed by atoms with Crippen molar-refractivity contribution in [1.82, 2.24) is 9.97 Å². The van der Waals surface area contributed by atoms with Gasteiger partial charge in [0.15, 0.2) is 11.6 Å². The maximum Gasteiger partial charge on any atom is 0.160 e. The van der Waals surface area contributed by atoms with Crippen LogP contribution in [0.1, 0.15) is 6.92 Å². The van der Waals surface area contributed by atoms with Gasteiger partial charge in [0.25, 0.3) is 0 Å². The summed E-state index contributed by atoms with van der Waals surface area (Å²) in [5, 5.41) is 6.05. The summed E-state index contributed by atoms with van der Waals surface area (Å²) < 4.78 is 31.6. The van der Waals surface area contributed by atoms with Gasteiger partial charge in [0.2, 0.25) is 0 Å². The number of hydrogen-bond acceptors (Lipinski definition) is 5. The van der Waals surface area contributed by atoms with Crippen LogP contribution in [0.4, 0.5) is 31.8 Å². The predicted octanol–water partition coefficient (Wildman–Crippen LogP) is 4.64. The number of halogens is 2. The summed E-state index contributed by atoms with van der Waals surface area (Å²) in [5.74, 6) is -0.0204. The molecule has 0 radical (unpaired) electrons. The van der Waals surface area contributed by atoms with E-state index in [0.717, 1.165) is 23.6 Å². The Bertz CT molecular complexity index is 856. The molecule has 0 saturated heterocycles. The molecule has 0 amide bonds. The Morgan fingerprint density at radius 2 is 1.48 bits per heavy atom. The summed E-state index contributed by atoms with van der Waals surface area (Å²) in [7, 11) is 0. The molecular formula is C18H16F2N4O. The lowest BCUT2D eigenvalue weighted by Crippen LogP contribution is -1.99. The Morgan fingerprint density at radius 3 is 2.12 bits per heavy atom. The highest BCUT2D eigenvalue weighted by molar-refractivity contribution is 5.63. The van der Waals surface area contributed by atoms with E-state index in [0.29, 0.717) is 23.9 Å². The number of hydrogen-bond donors (Lipinski definition) is 2. The summed E-state index contributed by atoms with van der Waals surface area (Å²) in [6.07, 6.45) is 1.37. The third-order valence-corrected chi connectivity index (χ3v) is 3.30. The summed E-state index contributed by atoms with van der Waals surface area (Å²) in [5.41, 5.74) is 1.23. The molecule has 25 heavy (non-hydrogen) atoms. The van der Waals surface area contributed by atoms with Gasteiger partial charge in [-0.05, 0) is 43.3 Å². The van der Waals surface area contributed by atoms with Gasteiger partial charge in [0.05, 0.1) is 6.61 Å². The maximum atomic E-state index is 13.3. The first-order valence-electron chi connectivity index (χ1n) is 7.68. The lowest BCUT2D eigenvalue weighted by atomic mass is 10.3. The van der Waals surface area contributed by atoms with E-state index >= 15 is 0 Å². The van der Waals surface area contributed by atoms with E-state index in [1.807, 2.05) is 31.2 Å². The van der Waals surface area contributed by atoms with E-state index in [9.17, 15) is 8.78 Å². The van der Waals surface area contributed by atoms with Gasteiger partial charge in [-0.1, -0.05) is 0 Å². The highest BCUT2D eigenvalue weighted by atomic mass is 19.2. The summed E-state index contributed by atoms with van der Waals surface area (Å²) >= 11 is 0. The highest BCUT2D eigenvalue weighted by Crippen LogP contribution is 2.22. The SMILES string of the molecule is CCOc1ccc(Nc2cc(Nc3ccc(F)c(F)c3)ncn2)cc1.